The van der Waals surface area contributed by atoms with E-state index in [-0.39, 0.29) is 5.91 Å². The summed E-state index contributed by atoms with van der Waals surface area (Å²) < 4.78 is 5.02. The molecule has 0 saturated heterocycles. The number of carbonyl (C=O) groups is 1. The van der Waals surface area contributed by atoms with Gasteiger partial charge in [-0.1, -0.05) is 19.8 Å². The highest BCUT2D eigenvalue weighted by Gasteiger charge is 2.11. The van der Waals surface area contributed by atoms with Crippen LogP contribution in [0.1, 0.15) is 36.5 Å². The maximum atomic E-state index is 11.8. The molecule has 0 unspecified atom stereocenters. The Balaban J connectivity index is 2.52. The number of methoxy groups -OCH3 is 1. The van der Waals surface area contributed by atoms with Gasteiger partial charge in [-0.3, -0.25) is 4.79 Å². The maximum Gasteiger partial charge on any atom is 0.256 e. The van der Waals surface area contributed by atoms with Crippen LogP contribution in [0.4, 0.5) is 0 Å². The largest absolute Gasteiger partial charge is 0.480 e. The average molecular weight is 222 g/mol. The normalized spacial score (nSPS) is 9.88. The molecule has 1 rings (SSSR count). The summed E-state index contributed by atoms with van der Waals surface area (Å²) in [5.74, 6) is 0.247. The molecule has 0 radical (unpaired) electrons. The summed E-state index contributed by atoms with van der Waals surface area (Å²) in [6.07, 6.45) is 4.88. The van der Waals surface area contributed by atoms with Crippen LogP contribution in [-0.4, -0.2) is 24.5 Å². The zero-order chi connectivity index (χ0) is 11.8. The molecule has 0 atom stereocenters. The molecule has 0 saturated carbocycles. The summed E-state index contributed by atoms with van der Waals surface area (Å²) in [7, 11) is 1.51. The fourth-order valence-electron chi connectivity index (χ4n) is 1.40. The molecule has 0 aliphatic heterocycles. The predicted molar refractivity (Wildman–Crippen MR) is 62.6 cm³/mol. The van der Waals surface area contributed by atoms with Gasteiger partial charge in [-0.2, -0.15) is 0 Å². The summed E-state index contributed by atoms with van der Waals surface area (Å²) in [5, 5.41) is 2.85. The second-order valence-corrected chi connectivity index (χ2v) is 3.52. The van der Waals surface area contributed by atoms with Crippen LogP contribution >= 0.6 is 0 Å². The van der Waals surface area contributed by atoms with Gasteiger partial charge in [0.25, 0.3) is 5.91 Å². The number of unbranched alkanes of at least 4 members (excludes halogenated alkanes) is 2. The fraction of sp³-hybridized carbons (Fsp3) is 0.500. The van der Waals surface area contributed by atoms with E-state index in [0.29, 0.717) is 18.0 Å². The molecule has 4 nitrogen and oxygen atoms in total. The molecule has 0 aromatic carbocycles. The lowest BCUT2D eigenvalue weighted by Gasteiger charge is -2.07. The lowest BCUT2D eigenvalue weighted by molar-refractivity contribution is 0.0949. The lowest BCUT2D eigenvalue weighted by atomic mass is 10.2. The van der Waals surface area contributed by atoms with E-state index in [0.717, 1.165) is 19.3 Å². The third-order valence-electron chi connectivity index (χ3n) is 2.28. The van der Waals surface area contributed by atoms with Crippen molar-refractivity contribution >= 4 is 5.91 Å². The van der Waals surface area contributed by atoms with Gasteiger partial charge >= 0.3 is 0 Å². The molecule has 0 aliphatic rings. The Morgan fingerprint density at radius 2 is 2.31 bits per heavy atom. The summed E-state index contributed by atoms with van der Waals surface area (Å²) in [4.78, 5) is 15.7. The van der Waals surface area contributed by atoms with Gasteiger partial charge in [-0.15, -0.1) is 0 Å². The molecule has 16 heavy (non-hydrogen) atoms. The fourth-order valence-corrected chi connectivity index (χ4v) is 1.40. The molecule has 1 amide bonds. The quantitative estimate of drug-likeness (QED) is 0.749. The molecular weight excluding hydrogens is 204 g/mol. The number of hydrogen-bond donors (Lipinski definition) is 1. The monoisotopic (exact) mass is 222 g/mol. The van der Waals surface area contributed by atoms with E-state index in [1.54, 1.807) is 18.3 Å². The number of aromatic nitrogens is 1. The van der Waals surface area contributed by atoms with Crippen LogP contribution in [0.5, 0.6) is 5.88 Å². The zero-order valence-corrected chi connectivity index (χ0v) is 9.82. The van der Waals surface area contributed by atoms with Crippen molar-refractivity contribution in [1.82, 2.24) is 10.3 Å². The van der Waals surface area contributed by atoms with Gasteiger partial charge in [0.05, 0.1) is 7.11 Å². The van der Waals surface area contributed by atoms with Crippen LogP contribution < -0.4 is 10.1 Å². The molecule has 1 N–H and O–H groups in total. The van der Waals surface area contributed by atoms with Gasteiger partial charge in [0.1, 0.15) is 5.56 Å². The van der Waals surface area contributed by atoms with E-state index in [1.165, 1.54) is 7.11 Å². The van der Waals surface area contributed by atoms with E-state index in [4.69, 9.17) is 4.74 Å². The molecule has 88 valence electrons. The van der Waals surface area contributed by atoms with Crippen molar-refractivity contribution in [3.63, 3.8) is 0 Å². The van der Waals surface area contributed by atoms with Crippen LogP contribution in [0.3, 0.4) is 0 Å². The van der Waals surface area contributed by atoms with E-state index in [9.17, 15) is 4.79 Å². The smallest absolute Gasteiger partial charge is 0.256 e. The van der Waals surface area contributed by atoms with Gasteiger partial charge < -0.3 is 10.1 Å². The molecule has 0 fully saturated rings. The minimum absolute atomic E-state index is 0.124. The molecule has 1 heterocycles. The minimum Gasteiger partial charge on any atom is -0.480 e. The van der Waals surface area contributed by atoms with Crippen LogP contribution in [0, 0.1) is 0 Å². The number of nitrogens with one attached hydrogen (secondary N) is 1. The van der Waals surface area contributed by atoms with Gasteiger partial charge in [-0.05, 0) is 18.6 Å². The SMILES string of the molecule is CCCCCNC(=O)c1cccnc1OC. The Morgan fingerprint density at radius 1 is 1.50 bits per heavy atom. The van der Waals surface area contributed by atoms with E-state index in [2.05, 4.69) is 17.2 Å². The van der Waals surface area contributed by atoms with E-state index < -0.39 is 0 Å². The maximum absolute atomic E-state index is 11.8. The van der Waals surface area contributed by atoms with E-state index >= 15 is 0 Å². The van der Waals surface area contributed by atoms with Gasteiger partial charge in [0, 0.05) is 12.7 Å². The number of pyridine rings is 1. The first kappa shape index (κ1) is 12.5. The lowest BCUT2D eigenvalue weighted by Crippen LogP contribution is -2.25. The highest BCUT2D eigenvalue weighted by molar-refractivity contribution is 5.96. The standard InChI is InChI=1S/C12H18N2O2/c1-3-4-5-8-13-11(15)10-7-6-9-14-12(10)16-2/h6-7,9H,3-5,8H2,1-2H3,(H,13,15). The Bertz CT molecular complexity index is 340. The number of amides is 1. The Labute approximate surface area is 96.0 Å². The van der Waals surface area contributed by atoms with Gasteiger partial charge in [0.15, 0.2) is 0 Å². The molecule has 4 heteroatoms. The molecule has 1 aromatic heterocycles. The van der Waals surface area contributed by atoms with Crippen LogP contribution in [-0.2, 0) is 0 Å². The number of hydrogen-bond acceptors (Lipinski definition) is 3. The Morgan fingerprint density at radius 3 is 3.00 bits per heavy atom. The number of carbonyl (C=O) groups excluding carboxylic acids is 1. The highest BCUT2D eigenvalue weighted by atomic mass is 16.5. The topological polar surface area (TPSA) is 51.2 Å². The Kier molecular flexibility index (Phi) is 5.32. The zero-order valence-electron chi connectivity index (χ0n) is 9.82. The number of ether oxygens (including phenoxy) is 1. The van der Waals surface area contributed by atoms with Gasteiger partial charge in [-0.25, -0.2) is 4.98 Å². The van der Waals surface area contributed by atoms with Crippen LogP contribution in [0.15, 0.2) is 18.3 Å². The van der Waals surface area contributed by atoms with Crippen molar-refractivity contribution in [1.29, 1.82) is 0 Å². The minimum atomic E-state index is -0.124. The summed E-state index contributed by atoms with van der Waals surface area (Å²) in [5.41, 5.74) is 0.487. The molecule has 1 aromatic rings. The van der Waals surface area contributed by atoms with Crippen molar-refractivity contribution in [3.05, 3.63) is 23.9 Å². The highest BCUT2D eigenvalue weighted by Crippen LogP contribution is 2.12. The summed E-state index contributed by atoms with van der Waals surface area (Å²) in [6, 6.07) is 3.43. The first-order valence-electron chi connectivity index (χ1n) is 5.56. The van der Waals surface area contributed by atoms with Crippen molar-refractivity contribution in [3.8, 4) is 5.88 Å². The molecule has 0 bridgehead atoms. The molecular formula is C12H18N2O2. The number of rotatable bonds is 6. The molecule has 0 aliphatic carbocycles. The van der Waals surface area contributed by atoms with Crippen LogP contribution in [0.2, 0.25) is 0 Å². The summed E-state index contributed by atoms with van der Waals surface area (Å²) >= 11 is 0. The van der Waals surface area contributed by atoms with Crippen LogP contribution in [0.25, 0.3) is 0 Å². The number of nitrogens with zero attached hydrogens (tertiary/aromatic N) is 1. The van der Waals surface area contributed by atoms with Crippen molar-refractivity contribution in [2.45, 2.75) is 26.2 Å². The first-order chi connectivity index (χ1) is 7.79. The summed E-state index contributed by atoms with van der Waals surface area (Å²) in [6.45, 7) is 2.83. The Hall–Kier alpha value is -1.58. The van der Waals surface area contributed by atoms with Gasteiger partial charge in [0.2, 0.25) is 5.88 Å². The first-order valence-corrected chi connectivity index (χ1v) is 5.56. The average Bonchev–Trinajstić information content (AvgIpc) is 2.34. The van der Waals surface area contributed by atoms with Crippen molar-refractivity contribution in [2.75, 3.05) is 13.7 Å². The van der Waals surface area contributed by atoms with E-state index in [1.807, 2.05) is 0 Å². The second-order valence-electron chi connectivity index (χ2n) is 3.52. The molecule has 0 spiro atoms. The predicted octanol–water partition coefficient (Wildman–Crippen LogP) is 2.01. The van der Waals surface area contributed by atoms with Crippen molar-refractivity contribution < 1.29 is 9.53 Å². The second kappa shape index (κ2) is 6.82. The third kappa shape index (κ3) is 3.53. The van der Waals surface area contributed by atoms with Crippen molar-refractivity contribution in [2.24, 2.45) is 0 Å². The third-order valence-corrected chi connectivity index (χ3v) is 2.28.